The van der Waals surface area contributed by atoms with Crippen LogP contribution in [0.15, 0.2) is 0 Å². The third-order valence-electron chi connectivity index (χ3n) is 2.61. The minimum absolute atomic E-state index is 0.189. The average Bonchev–Trinajstić information content (AvgIpc) is 1.98. The van der Waals surface area contributed by atoms with Crippen molar-refractivity contribution in [1.82, 2.24) is 0 Å². The molecule has 1 N–H and O–H groups in total. The molecule has 0 aliphatic rings. The molecule has 0 saturated carbocycles. The largest absolute Gasteiger partial charge is 0.481 e. The van der Waals surface area contributed by atoms with Gasteiger partial charge in [-0.3, -0.25) is 4.79 Å². The van der Waals surface area contributed by atoms with Gasteiger partial charge in [-0.1, -0.05) is 27.7 Å². The van der Waals surface area contributed by atoms with Gasteiger partial charge in [0.25, 0.3) is 0 Å². The van der Waals surface area contributed by atoms with Gasteiger partial charge >= 0.3 is 5.97 Å². The Balaban J connectivity index is 3.61. The Hall–Kier alpha value is -0.530. The lowest BCUT2D eigenvalue weighted by Gasteiger charge is -2.16. The average molecular weight is 172 g/mol. The molecule has 0 spiro atoms. The van der Waals surface area contributed by atoms with Gasteiger partial charge in [0.1, 0.15) is 0 Å². The smallest absolute Gasteiger partial charge is 0.306 e. The fourth-order valence-corrected chi connectivity index (χ4v) is 0.970. The SMILES string of the molecule is CC(C)C(C)CC[C@H](C)C(=O)O. The predicted octanol–water partition coefficient (Wildman–Crippen LogP) is 2.78. The van der Waals surface area contributed by atoms with Gasteiger partial charge in [0.2, 0.25) is 0 Å². The predicted molar refractivity (Wildman–Crippen MR) is 50.0 cm³/mol. The van der Waals surface area contributed by atoms with E-state index >= 15 is 0 Å². The lowest BCUT2D eigenvalue weighted by Crippen LogP contribution is -2.12. The molecular weight excluding hydrogens is 152 g/mol. The minimum Gasteiger partial charge on any atom is -0.481 e. The van der Waals surface area contributed by atoms with Crippen LogP contribution in [0, 0.1) is 17.8 Å². The van der Waals surface area contributed by atoms with E-state index in [2.05, 4.69) is 20.8 Å². The van der Waals surface area contributed by atoms with Crippen molar-refractivity contribution in [2.45, 2.75) is 40.5 Å². The van der Waals surface area contributed by atoms with Crippen molar-refractivity contribution < 1.29 is 9.90 Å². The fraction of sp³-hybridized carbons (Fsp3) is 0.900. The Kier molecular flexibility index (Phi) is 4.95. The van der Waals surface area contributed by atoms with E-state index in [0.717, 1.165) is 12.8 Å². The summed E-state index contributed by atoms with van der Waals surface area (Å²) < 4.78 is 0. The van der Waals surface area contributed by atoms with Gasteiger partial charge in [-0.2, -0.15) is 0 Å². The molecule has 0 aliphatic heterocycles. The molecule has 0 amide bonds. The Bertz CT molecular complexity index is 141. The van der Waals surface area contributed by atoms with Gasteiger partial charge in [-0.05, 0) is 24.7 Å². The van der Waals surface area contributed by atoms with Crippen LogP contribution in [-0.2, 0) is 4.79 Å². The number of hydrogen-bond acceptors (Lipinski definition) is 1. The molecule has 0 bridgehead atoms. The Morgan fingerprint density at radius 1 is 1.17 bits per heavy atom. The first-order valence-electron chi connectivity index (χ1n) is 4.68. The van der Waals surface area contributed by atoms with E-state index in [9.17, 15) is 4.79 Å². The van der Waals surface area contributed by atoms with Crippen LogP contribution >= 0.6 is 0 Å². The van der Waals surface area contributed by atoms with Gasteiger partial charge in [-0.15, -0.1) is 0 Å². The molecule has 1 unspecified atom stereocenters. The molecule has 0 radical (unpaired) electrons. The molecule has 72 valence electrons. The summed E-state index contributed by atoms with van der Waals surface area (Å²) in [7, 11) is 0. The van der Waals surface area contributed by atoms with Crippen molar-refractivity contribution in [2.75, 3.05) is 0 Å². The zero-order valence-electron chi connectivity index (χ0n) is 8.50. The van der Waals surface area contributed by atoms with Crippen LogP contribution in [0.2, 0.25) is 0 Å². The lowest BCUT2D eigenvalue weighted by molar-refractivity contribution is -0.141. The molecule has 0 fully saturated rings. The molecule has 0 aromatic heterocycles. The van der Waals surface area contributed by atoms with Crippen LogP contribution < -0.4 is 0 Å². The van der Waals surface area contributed by atoms with Crippen LogP contribution in [0.3, 0.4) is 0 Å². The molecular formula is C10H20O2. The third kappa shape index (κ3) is 4.37. The van der Waals surface area contributed by atoms with Crippen molar-refractivity contribution in [1.29, 1.82) is 0 Å². The molecule has 2 nitrogen and oxygen atoms in total. The third-order valence-corrected chi connectivity index (χ3v) is 2.61. The zero-order chi connectivity index (χ0) is 9.72. The Morgan fingerprint density at radius 3 is 2.00 bits per heavy atom. The molecule has 0 heterocycles. The quantitative estimate of drug-likeness (QED) is 0.692. The normalized spacial score (nSPS) is 16.1. The standard InChI is InChI=1S/C10H20O2/c1-7(2)8(3)5-6-9(4)10(11)12/h7-9H,5-6H2,1-4H3,(H,11,12)/t8?,9-/m0/s1. The molecule has 0 aromatic rings. The first-order chi connectivity index (χ1) is 5.45. The van der Waals surface area contributed by atoms with Crippen LogP contribution in [0.1, 0.15) is 40.5 Å². The summed E-state index contributed by atoms with van der Waals surface area (Å²) >= 11 is 0. The number of carboxylic acids is 1. The summed E-state index contributed by atoms with van der Waals surface area (Å²) in [5.74, 6) is 0.426. The summed E-state index contributed by atoms with van der Waals surface area (Å²) in [4.78, 5) is 10.5. The van der Waals surface area contributed by atoms with Gasteiger partial charge < -0.3 is 5.11 Å². The summed E-state index contributed by atoms with van der Waals surface area (Å²) in [6, 6.07) is 0. The van der Waals surface area contributed by atoms with Crippen molar-refractivity contribution in [3.8, 4) is 0 Å². The minimum atomic E-state index is -0.675. The van der Waals surface area contributed by atoms with Crippen molar-refractivity contribution in [3.63, 3.8) is 0 Å². The van der Waals surface area contributed by atoms with Gasteiger partial charge in [0.05, 0.1) is 5.92 Å². The van der Waals surface area contributed by atoms with E-state index in [0.29, 0.717) is 11.8 Å². The van der Waals surface area contributed by atoms with Crippen LogP contribution in [0.5, 0.6) is 0 Å². The van der Waals surface area contributed by atoms with E-state index in [-0.39, 0.29) is 5.92 Å². The van der Waals surface area contributed by atoms with E-state index in [1.54, 1.807) is 6.92 Å². The summed E-state index contributed by atoms with van der Waals surface area (Å²) in [5.41, 5.74) is 0. The van der Waals surface area contributed by atoms with E-state index in [4.69, 9.17) is 5.11 Å². The van der Waals surface area contributed by atoms with Crippen LogP contribution in [0.25, 0.3) is 0 Å². The maximum absolute atomic E-state index is 10.5. The van der Waals surface area contributed by atoms with E-state index in [1.165, 1.54) is 0 Å². The van der Waals surface area contributed by atoms with Crippen LogP contribution in [0.4, 0.5) is 0 Å². The lowest BCUT2D eigenvalue weighted by atomic mass is 9.90. The topological polar surface area (TPSA) is 37.3 Å². The van der Waals surface area contributed by atoms with Gasteiger partial charge in [0.15, 0.2) is 0 Å². The fourth-order valence-electron chi connectivity index (χ4n) is 0.970. The second-order valence-electron chi connectivity index (χ2n) is 4.04. The highest BCUT2D eigenvalue weighted by Crippen LogP contribution is 2.19. The molecule has 2 atom stereocenters. The van der Waals surface area contributed by atoms with E-state index < -0.39 is 5.97 Å². The Morgan fingerprint density at radius 2 is 1.67 bits per heavy atom. The summed E-state index contributed by atoms with van der Waals surface area (Å²) in [6.07, 6.45) is 1.82. The van der Waals surface area contributed by atoms with Gasteiger partial charge in [0, 0.05) is 0 Å². The zero-order valence-corrected chi connectivity index (χ0v) is 8.50. The maximum atomic E-state index is 10.5. The summed E-state index contributed by atoms with van der Waals surface area (Å²) in [6.45, 7) is 8.31. The van der Waals surface area contributed by atoms with E-state index in [1.807, 2.05) is 0 Å². The number of hydrogen-bond donors (Lipinski definition) is 1. The highest BCUT2D eigenvalue weighted by atomic mass is 16.4. The molecule has 0 saturated heterocycles. The number of aliphatic carboxylic acids is 1. The molecule has 12 heavy (non-hydrogen) atoms. The Labute approximate surface area is 75.0 Å². The monoisotopic (exact) mass is 172 g/mol. The second-order valence-corrected chi connectivity index (χ2v) is 4.04. The van der Waals surface area contributed by atoms with Crippen molar-refractivity contribution in [3.05, 3.63) is 0 Å². The van der Waals surface area contributed by atoms with Gasteiger partial charge in [-0.25, -0.2) is 0 Å². The summed E-state index contributed by atoms with van der Waals surface area (Å²) in [5, 5.41) is 8.63. The molecule has 0 aromatic carbocycles. The molecule has 2 heteroatoms. The highest BCUT2D eigenvalue weighted by Gasteiger charge is 2.13. The van der Waals surface area contributed by atoms with Crippen molar-refractivity contribution in [2.24, 2.45) is 17.8 Å². The van der Waals surface area contributed by atoms with Crippen molar-refractivity contribution >= 4 is 5.97 Å². The second kappa shape index (κ2) is 5.18. The number of carbonyl (C=O) groups is 1. The van der Waals surface area contributed by atoms with Crippen LogP contribution in [-0.4, -0.2) is 11.1 Å². The number of rotatable bonds is 5. The molecule has 0 rings (SSSR count). The first-order valence-corrected chi connectivity index (χ1v) is 4.68. The molecule has 0 aliphatic carbocycles. The highest BCUT2D eigenvalue weighted by molar-refractivity contribution is 5.69. The maximum Gasteiger partial charge on any atom is 0.306 e. The first kappa shape index (κ1) is 11.5. The number of carboxylic acid groups (broad SMARTS) is 1.